The van der Waals surface area contributed by atoms with Crippen LogP contribution in [0.4, 0.5) is 0 Å². The van der Waals surface area contributed by atoms with Crippen LogP contribution in [0.5, 0.6) is 0 Å². The van der Waals surface area contributed by atoms with Gasteiger partial charge in [0.1, 0.15) is 11.2 Å². The minimum Gasteiger partial charge on any atom is -0.455 e. The SMILES string of the molecule is [2H]c1c([2H])c([2H])c2c(-c3ccc4cc(-c5ccccc5)ccc4c3)c3c([2H])c([2H])c([2H])c([2H])c3c(-c3ccc(-c4cccc5c4oc4ccccc45)cc3)c2c1[2H]. The summed E-state index contributed by atoms with van der Waals surface area (Å²) in [5.74, 6) is 0. The largest absolute Gasteiger partial charge is 0.455 e. The zero-order valence-electron chi connectivity index (χ0n) is 34.1. The quantitative estimate of drug-likeness (QED) is 0.176. The first kappa shape index (κ1) is 20.7. The summed E-state index contributed by atoms with van der Waals surface area (Å²) in [4.78, 5) is 0. The van der Waals surface area contributed by atoms with Crippen molar-refractivity contribution in [1.29, 1.82) is 0 Å². The standard InChI is InChI=1S/C48H30O/c1-2-11-31(12-3-1)34-25-26-36-30-37(28-27-35(36)29-34)47-42-16-6-4-14-40(42)46(41-15-5-7-17-43(41)47)33-23-21-32(22-24-33)38-18-10-19-44-39-13-8-9-20-45(39)49-48(38)44/h1-30H/i4D,5D,6D,7D,14D,15D,16D,17D. The molecule has 0 radical (unpaired) electrons. The lowest BCUT2D eigenvalue weighted by Crippen LogP contribution is -1.91. The van der Waals surface area contributed by atoms with Crippen molar-refractivity contribution in [2.24, 2.45) is 0 Å². The highest BCUT2D eigenvalue weighted by molar-refractivity contribution is 6.22. The summed E-state index contributed by atoms with van der Waals surface area (Å²) >= 11 is 0. The molecule has 0 saturated carbocycles. The fourth-order valence-corrected chi connectivity index (χ4v) is 7.20. The van der Waals surface area contributed by atoms with Crippen LogP contribution in [-0.4, -0.2) is 0 Å². The normalized spacial score (nSPS) is 14.0. The molecule has 0 spiro atoms. The Kier molecular flexibility index (Phi) is 4.69. The predicted molar refractivity (Wildman–Crippen MR) is 208 cm³/mol. The zero-order chi connectivity index (χ0) is 39.3. The zero-order valence-corrected chi connectivity index (χ0v) is 26.1. The molecule has 1 heteroatoms. The number of rotatable bonds is 4. The smallest absolute Gasteiger partial charge is 0.143 e. The summed E-state index contributed by atoms with van der Waals surface area (Å²) < 4.78 is 78.8. The summed E-state index contributed by atoms with van der Waals surface area (Å²) in [5, 5.41) is 4.55. The van der Waals surface area contributed by atoms with E-state index in [4.69, 9.17) is 9.90 Å². The molecule has 228 valence electrons. The maximum absolute atomic E-state index is 9.33. The van der Waals surface area contributed by atoms with Crippen LogP contribution in [0, 0.1) is 0 Å². The third-order valence-electron chi connectivity index (χ3n) is 9.50. The van der Waals surface area contributed by atoms with Gasteiger partial charge >= 0.3 is 0 Å². The van der Waals surface area contributed by atoms with E-state index in [1.165, 1.54) is 0 Å². The Morgan fingerprint density at radius 3 is 1.59 bits per heavy atom. The van der Waals surface area contributed by atoms with E-state index < -0.39 is 24.2 Å². The minimum atomic E-state index is -0.431. The van der Waals surface area contributed by atoms with Gasteiger partial charge in [-0.25, -0.2) is 0 Å². The molecule has 0 aliphatic carbocycles. The lowest BCUT2D eigenvalue weighted by molar-refractivity contribution is 0.670. The van der Waals surface area contributed by atoms with E-state index in [2.05, 4.69) is 6.07 Å². The molecule has 0 bridgehead atoms. The molecule has 0 N–H and O–H groups in total. The van der Waals surface area contributed by atoms with Crippen molar-refractivity contribution in [3.63, 3.8) is 0 Å². The molecule has 0 aliphatic rings. The average molecular weight is 631 g/mol. The Morgan fingerprint density at radius 1 is 0.367 bits per heavy atom. The van der Waals surface area contributed by atoms with Crippen molar-refractivity contribution in [2.45, 2.75) is 0 Å². The van der Waals surface area contributed by atoms with Crippen LogP contribution in [0.2, 0.25) is 0 Å². The first-order valence-electron chi connectivity index (χ1n) is 20.2. The Bertz CT molecular complexity index is 3240. The van der Waals surface area contributed by atoms with Crippen LogP contribution in [0.25, 0.3) is 98.8 Å². The fraction of sp³-hybridized carbons (Fsp3) is 0. The minimum absolute atomic E-state index is 0.181. The highest BCUT2D eigenvalue weighted by Crippen LogP contribution is 2.45. The molecule has 0 saturated heterocycles. The van der Waals surface area contributed by atoms with Gasteiger partial charge in [-0.05, 0) is 89.5 Å². The van der Waals surface area contributed by atoms with Gasteiger partial charge in [0.05, 0.1) is 11.0 Å². The van der Waals surface area contributed by atoms with Crippen molar-refractivity contribution >= 4 is 54.3 Å². The van der Waals surface area contributed by atoms with Gasteiger partial charge < -0.3 is 4.42 Å². The summed E-state index contributed by atoms with van der Waals surface area (Å²) in [6, 6.07) is 40.4. The molecular formula is C48H30O. The van der Waals surface area contributed by atoms with E-state index in [1.807, 2.05) is 127 Å². The van der Waals surface area contributed by atoms with Crippen LogP contribution in [0.15, 0.2) is 186 Å². The third-order valence-corrected chi connectivity index (χ3v) is 9.50. The molecule has 0 aliphatic heterocycles. The van der Waals surface area contributed by atoms with Crippen LogP contribution in [-0.2, 0) is 0 Å². The van der Waals surface area contributed by atoms with E-state index in [0.717, 1.165) is 55.0 Å². The van der Waals surface area contributed by atoms with E-state index in [0.29, 0.717) is 22.3 Å². The van der Waals surface area contributed by atoms with Gasteiger partial charge in [-0.2, -0.15) is 0 Å². The molecule has 0 atom stereocenters. The molecule has 1 aromatic heterocycles. The maximum Gasteiger partial charge on any atom is 0.143 e. The molecule has 9 aromatic carbocycles. The van der Waals surface area contributed by atoms with Crippen LogP contribution in [0.3, 0.4) is 0 Å². The predicted octanol–water partition coefficient (Wildman–Crippen LogP) is 13.7. The molecule has 0 unspecified atom stereocenters. The van der Waals surface area contributed by atoms with Gasteiger partial charge in [0, 0.05) is 16.3 Å². The second-order valence-electron chi connectivity index (χ2n) is 12.3. The highest BCUT2D eigenvalue weighted by atomic mass is 16.3. The molecule has 0 amide bonds. The number of para-hydroxylation sites is 2. The average Bonchev–Trinajstić information content (AvgIpc) is 3.64. The number of furan rings is 1. The summed E-state index contributed by atoms with van der Waals surface area (Å²) in [6.07, 6.45) is 0. The molecule has 1 heterocycles. The Balaban J connectivity index is 1.26. The summed E-state index contributed by atoms with van der Waals surface area (Å²) in [7, 11) is 0. The van der Waals surface area contributed by atoms with Crippen LogP contribution < -0.4 is 0 Å². The molecule has 10 rings (SSSR count). The van der Waals surface area contributed by atoms with Crippen LogP contribution in [0.1, 0.15) is 11.0 Å². The van der Waals surface area contributed by atoms with Crippen LogP contribution >= 0.6 is 0 Å². The van der Waals surface area contributed by atoms with Gasteiger partial charge in [0.25, 0.3) is 0 Å². The van der Waals surface area contributed by atoms with E-state index in [9.17, 15) is 5.48 Å². The molecule has 49 heavy (non-hydrogen) atoms. The Morgan fingerprint density at radius 2 is 0.898 bits per heavy atom. The number of hydrogen-bond acceptors (Lipinski definition) is 1. The van der Waals surface area contributed by atoms with Crippen molar-refractivity contribution in [3.05, 3.63) is 182 Å². The van der Waals surface area contributed by atoms with Crippen molar-refractivity contribution < 1.29 is 15.4 Å². The topological polar surface area (TPSA) is 13.1 Å². The van der Waals surface area contributed by atoms with Gasteiger partial charge in [0.2, 0.25) is 0 Å². The van der Waals surface area contributed by atoms with Gasteiger partial charge in [0.15, 0.2) is 0 Å². The second kappa shape index (κ2) is 11.1. The van der Waals surface area contributed by atoms with Gasteiger partial charge in [-0.1, -0.05) is 164 Å². The molecular weight excluding hydrogens is 593 g/mol. The third kappa shape index (κ3) is 4.47. The van der Waals surface area contributed by atoms with E-state index in [-0.39, 0.29) is 45.7 Å². The second-order valence-corrected chi connectivity index (χ2v) is 12.3. The molecule has 10 aromatic rings. The van der Waals surface area contributed by atoms with Gasteiger partial charge in [-0.3, -0.25) is 0 Å². The first-order chi connectivity index (χ1) is 27.6. The lowest BCUT2D eigenvalue weighted by Gasteiger charge is -2.18. The molecule has 1 nitrogen and oxygen atoms in total. The highest BCUT2D eigenvalue weighted by Gasteiger charge is 2.18. The van der Waals surface area contributed by atoms with E-state index >= 15 is 0 Å². The molecule has 0 fully saturated rings. The summed E-state index contributed by atoms with van der Waals surface area (Å²) in [6.45, 7) is 0. The van der Waals surface area contributed by atoms with Gasteiger partial charge in [-0.15, -0.1) is 0 Å². The lowest BCUT2D eigenvalue weighted by atomic mass is 9.85. The first-order valence-corrected chi connectivity index (χ1v) is 16.2. The van der Waals surface area contributed by atoms with Crippen molar-refractivity contribution in [1.82, 2.24) is 0 Å². The number of hydrogen-bond donors (Lipinski definition) is 0. The number of benzene rings is 9. The number of fused-ring (bicyclic) bond motifs is 6. The Labute approximate surface area is 295 Å². The van der Waals surface area contributed by atoms with E-state index in [1.54, 1.807) is 0 Å². The monoisotopic (exact) mass is 630 g/mol. The van der Waals surface area contributed by atoms with Crippen molar-refractivity contribution in [2.75, 3.05) is 0 Å². The van der Waals surface area contributed by atoms with Crippen molar-refractivity contribution in [3.8, 4) is 44.5 Å². The summed E-state index contributed by atoms with van der Waals surface area (Å²) in [5.41, 5.74) is 7.10. The fourth-order valence-electron chi connectivity index (χ4n) is 7.20. The maximum atomic E-state index is 9.33. The Hall–Kier alpha value is -6.44.